The number of nitrogens with zero attached hydrogens (tertiary/aromatic N) is 2. The standard InChI is InChI=1S/C22H28N2O5/c1-4-15-9-7-8-12-23(15)18(25)13-29-22(28)19(14(2)3)24-20(26)16-10-5-6-11-17(16)21(24)27/h5-6,10-11,14-15,19H,4,7-9,12-13H2,1-3H3/t15-,19-/m0/s1. The highest BCUT2D eigenvalue weighted by atomic mass is 16.5. The van der Waals surface area contributed by atoms with Crippen LogP contribution in [-0.4, -0.2) is 58.7 Å². The van der Waals surface area contributed by atoms with E-state index >= 15 is 0 Å². The van der Waals surface area contributed by atoms with Gasteiger partial charge in [-0.2, -0.15) is 0 Å². The Morgan fingerprint density at radius 2 is 1.72 bits per heavy atom. The van der Waals surface area contributed by atoms with Gasteiger partial charge in [0.15, 0.2) is 6.61 Å². The Hall–Kier alpha value is -2.70. The van der Waals surface area contributed by atoms with Crippen LogP contribution in [0.25, 0.3) is 0 Å². The third-order valence-electron chi connectivity index (χ3n) is 5.73. The van der Waals surface area contributed by atoms with Gasteiger partial charge in [-0.15, -0.1) is 0 Å². The van der Waals surface area contributed by atoms with Crippen molar-refractivity contribution in [3.8, 4) is 0 Å². The molecule has 0 spiro atoms. The molecular formula is C22H28N2O5. The summed E-state index contributed by atoms with van der Waals surface area (Å²) in [5.41, 5.74) is 0.567. The Balaban J connectivity index is 1.70. The zero-order chi connectivity index (χ0) is 21.1. The summed E-state index contributed by atoms with van der Waals surface area (Å²) in [5.74, 6) is -2.31. The van der Waals surface area contributed by atoms with Crippen LogP contribution < -0.4 is 0 Å². The first kappa shape index (κ1) is 21.0. The van der Waals surface area contributed by atoms with Crippen molar-refractivity contribution in [2.75, 3.05) is 13.2 Å². The molecule has 1 aromatic rings. The average Bonchev–Trinajstić information content (AvgIpc) is 2.97. The number of likely N-dealkylation sites (tertiary alicyclic amines) is 1. The number of hydrogen-bond acceptors (Lipinski definition) is 5. The lowest BCUT2D eigenvalue weighted by Gasteiger charge is -2.35. The van der Waals surface area contributed by atoms with E-state index < -0.39 is 23.8 Å². The summed E-state index contributed by atoms with van der Waals surface area (Å²) in [6.45, 7) is 5.83. The number of fused-ring (bicyclic) bond motifs is 1. The number of benzene rings is 1. The number of rotatable bonds is 6. The normalized spacial score (nSPS) is 20.1. The van der Waals surface area contributed by atoms with Crippen molar-refractivity contribution in [3.05, 3.63) is 35.4 Å². The second-order valence-corrected chi connectivity index (χ2v) is 7.97. The average molecular weight is 400 g/mol. The number of imide groups is 1. The van der Waals surface area contributed by atoms with Crippen LogP contribution in [-0.2, 0) is 14.3 Å². The molecule has 2 aliphatic heterocycles. The molecule has 2 heterocycles. The fraction of sp³-hybridized carbons (Fsp3) is 0.545. The highest BCUT2D eigenvalue weighted by molar-refractivity contribution is 6.22. The number of carbonyl (C=O) groups excluding carboxylic acids is 4. The van der Waals surface area contributed by atoms with Crippen molar-refractivity contribution in [2.45, 2.75) is 58.5 Å². The molecular weight excluding hydrogens is 372 g/mol. The molecule has 2 atom stereocenters. The molecule has 0 N–H and O–H groups in total. The number of ether oxygens (including phenoxy) is 1. The zero-order valence-corrected chi connectivity index (χ0v) is 17.2. The van der Waals surface area contributed by atoms with Crippen molar-refractivity contribution < 1.29 is 23.9 Å². The molecule has 7 nitrogen and oxygen atoms in total. The van der Waals surface area contributed by atoms with Crippen LogP contribution in [0.1, 0.15) is 67.2 Å². The van der Waals surface area contributed by atoms with Gasteiger partial charge in [-0.3, -0.25) is 19.3 Å². The second kappa shape index (κ2) is 8.76. The predicted octanol–water partition coefficient (Wildman–Crippen LogP) is 2.64. The number of piperidine rings is 1. The van der Waals surface area contributed by atoms with Gasteiger partial charge in [0, 0.05) is 12.6 Å². The number of amides is 3. The second-order valence-electron chi connectivity index (χ2n) is 7.97. The van der Waals surface area contributed by atoms with Crippen LogP contribution in [0, 0.1) is 5.92 Å². The van der Waals surface area contributed by atoms with Gasteiger partial charge in [0.25, 0.3) is 17.7 Å². The van der Waals surface area contributed by atoms with Crippen LogP contribution in [0.5, 0.6) is 0 Å². The third kappa shape index (κ3) is 4.04. The summed E-state index contributed by atoms with van der Waals surface area (Å²) < 4.78 is 5.30. The lowest BCUT2D eigenvalue weighted by Crippen LogP contribution is -2.50. The number of carbonyl (C=O) groups is 4. The minimum atomic E-state index is -1.07. The molecule has 1 aromatic carbocycles. The van der Waals surface area contributed by atoms with Crippen LogP contribution in [0.3, 0.4) is 0 Å². The fourth-order valence-corrected chi connectivity index (χ4v) is 4.19. The number of esters is 1. The SMILES string of the molecule is CC[C@H]1CCCCN1C(=O)COC(=O)[C@H](C(C)C)N1C(=O)c2ccccc2C1=O. The van der Waals surface area contributed by atoms with Crippen molar-refractivity contribution in [3.63, 3.8) is 0 Å². The molecule has 3 amide bonds. The fourth-order valence-electron chi connectivity index (χ4n) is 4.19. The van der Waals surface area contributed by atoms with Crippen LogP contribution in [0.15, 0.2) is 24.3 Å². The van der Waals surface area contributed by atoms with E-state index in [4.69, 9.17) is 4.74 Å². The Morgan fingerprint density at radius 1 is 1.10 bits per heavy atom. The van der Waals surface area contributed by atoms with Gasteiger partial charge in [-0.05, 0) is 43.7 Å². The predicted molar refractivity (Wildman–Crippen MR) is 106 cm³/mol. The van der Waals surface area contributed by atoms with Crippen molar-refractivity contribution >= 4 is 23.7 Å². The van der Waals surface area contributed by atoms with E-state index in [-0.39, 0.29) is 35.6 Å². The molecule has 1 saturated heterocycles. The minimum absolute atomic E-state index is 0.173. The molecule has 0 unspecified atom stereocenters. The monoisotopic (exact) mass is 400 g/mol. The first-order chi connectivity index (χ1) is 13.9. The molecule has 0 aromatic heterocycles. The van der Waals surface area contributed by atoms with Gasteiger partial charge in [0.1, 0.15) is 6.04 Å². The lowest BCUT2D eigenvalue weighted by molar-refractivity contribution is -0.157. The van der Waals surface area contributed by atoms with E-state index in [9.17, 15) is 19.2 Å². The summed E-state index contributed by atoms with van der Waals surface area (Å²) in [7, 11) is 0. The Kier molecular flexibility index (Phi) is 6.35. The van der Waals surface area contributed by atoms with Gasteiger partial charge < -0.3 is 9.64 Å². The maximum absolute atomic E-state index is 12.8. The highest BCUT2D eigenvalue weighted by Crippen LogP contribution is 2.28. The zero-order valence-electron chi connectivity index (χ0n) is 17.2. The maximum atomic E-state index is 12.8. The molecule has 0 saturated carbocycles. The largest absolute Gasteiger partial charge is 0.454 e. The third-order valence-corrected chi connectivity index (χ3v) is 5.73. The quantitative estimate of drug-likeness (QED) is 0.541. The van der Waals surface area contributed by atoms with E-state index in [1.807, 2.05) is 6.92 Å². The molecule has 29 heavy (non-hydrogen) atoms. The molecule has 156 valence electrons. The van der Waals surface area contributed by atoms with Crippen molar-refractivity contribution in [1.82, 2.24) is 9.80 Å². The topological polar surface area (TPSA) is 84.0 Å². The van der Waals surface area contributed by atoms with Crippen LogP contribution in [0.2, 0.25) is 0 Å². The molecule has 0 radical (unpaired) electrons. The van der Waals surface area contributed by atoms with Gasteiger partial charge in [0.05, 0.1) is 11.1 Å². The maximum Gasteiger partial charge on any atom is 0.330 e. The molecule has 7 heteroatoms. The van der Waals surface area contributed by atoms with E-state index in [0.717, 1.165) is 30.6 Å². The highest BCUT2D eigenvalue weighted by Gasteiger charge is 2.44. The first-order valence-corrected chi connectivity index (χ1v) is 10.3. The Labute approximate surface area is 171 Å². The molecule has 0 bridgehead atoms. The van der Waals surface area contributed by atoms with E-state index in [0.29, 0.717) is 6.54 Å². The summed E-state index contributed by atoms with van der Waals surface area (Å²) >= 11 is 0. The van der Waals surface area contributed by atoms with Gasteiger partial charge >= 0.3 is 5.97 Å². The molecule has 3 rings (SSSR count). The molecule has 2 aliphatic rings. The lowest BCUT2D eigenvalue weighted by atomic mass is 10.00. The van der Waals surface area contributed by atoms with Crippen molar-refractivity contribution in [1.29, 1.82) is 0 Å². The minimum Gasteiger partial charge on any atom is -0.454 e. The van der Waals surface area contributed by atoms with Gasteiger partial charge in [-0.1, -0.05) is 32.9 Å². The number of hydrogen-bond donors (Lipinski definition) is 0. The summed E-state index contributed by atoms with van der Waals surface area (Å²) in [6.07, 6.45) is 3.86. The van der Waals surface area contributed by atoms with Crippen molar-refractivity contribution in [2.24, 2.45) is 5.92 Å². The smallest absolute Gasteiger partial charge is 0.330 e. The molecule has 1 fully saturated rings. The summed E-state index contributed by atoms with van der Waals surface area (Å²) in [5, 5.41) is 0. The first-order valence-electron chi connectivity index (χ1n) is 10.3. The van der Waals surface area contributed by atoms with E-state index in [1.165, 1.54) is 0 Å². The van der Waals surface area contributed by atoms with E-state index in [1.54, 1.807) is 43.0 Å². The Bertz CT molecular complexity index is 784. The van der Waals surface area contributed by atoms with Gasteiger partial charge in [0.2, 0.25) is 0 Å². The Morgan fingerprint density at radius 3 is 2.28 bits per heavy atom. The van der Waals surface area contributed by atoms with E-state index in [2.05, 4.69) is 0 Å². The van der Waals surface area contributed by atoms with Gasteiger partial charge in [-0.25, -0.2) is 4.79 Å². The summed E-state index contributed by atoms with van der Waals surface area (Å²) in [6, 6.07) is 5.60. The molecule has 0 aliphatic carbocycles. The summed E-state index contributed by atoms with van der Waals surface area (Å²) in [4.78, 5) is 53.7. The van der Waals surface area contributed by atoms with Crippen LogP contribution in [0.4, 0.5) is 0 Å². The van der Waals surface area contributed by atoms with Crippen LogP contribution >= 0.6 is 0 Å².